The van der Waals surface area contributed by atoms with E-state index in [1.54, 1.807) is 12.1 Å². The normalized spacial score (nSPS) is 11.0. The van der Waals surface area contributed by atoms with E-state index in [-0.39, 0.29) is 27.7 Å². The van der Waals surface area contributed by atoms with E-state index in [4.69, 9.17) is 13.3 Å². The van der Waals surface area contributed by atoms with Crippen LogP contribution in [-0.4, -0.2) is 20.7 Å². The van der Waals surface area contributed by atoms with Crippen molar-refractivity contribution in [3.63, 3.8) is 0 Å². The average Bonchev–Trinajstić information content (AvgIpc) is 3.09. The quantitative estimate of drug-likeness (QED) is 0.364. The highest BCUT2D eigenvalue weighted by atomic mass is 32.2. The number of para-hydroxylation sites is 1. The molecule has 0 aliphatic heterocycles. The molecule has 2 aromatic carbocycles. The monoisotopic (exact) mass is 386 g/mol. The molecule has 27 heavy (non-hydrogen) atoms. The van der Waals surface area contributed by atoms with Crippen molar-refractivity contribution in [3.8, 4) is 11.5 Å². The predicted octanol–water partition coefficient (Wildman–Crippen LogP) is 3.39. The Morgan fingerprint density at radius 1 is 1.00 bits per heavy atom. The van der Waals surface area contributed by atoms with Gasteiger partial charge in [-0.25, -0.2) is 4.79 Å². The predicted molar refractivity (Wildman–Crippen MR) is 94.5 cm³/mol. The fourth-order valence-electron chi connectivity index (χ4n) is 2.21. The van der Waals surface area contributed by atoms with Crippen LogP contribution in [0.5, 0.6) is 11.5 Å². The molecule has 0 aliphatic rings. The van der Waals surface area contributed by atoms with E-state index in [1.165, 1.54) is 48.7 Å². The van der Waals surface area contributed by atoms with Crippen molar-refractivity contribution >= 4 is 22.4 Å². The van der Waals surface area contributed by atoms with E-state index in [0.29, 0.717) is 6.29 Å². The molecule has 138 valence electrons. The number of carbonyl (C=O) groups excluding carboxylic acids is 2. The summed E-state index contributed by atoms with van der Waals surface area (Å²) in [5, 5.41) is 0. The summed E-state index contributed by atoms with van der Waals surface area (Å²) in [5.74, 6) is -1.33. The van der Waals surface area contributed by atoms with Crippen molar-refractivity contribution in [1.82, 2.24) is 0 Å². The summed E-state index contributed by atoms with van der Waals surface area (Å²) in [4.78, 5) is 23.2. The number of furan rings is 1. The Hall–Kier alpha value is -3.39. The van der Waals surface area contributed by atoms with Gasteiger partial charge in [0.15, 0.2) is 17.8 Å². The van der Waals surface area contributed by atoms with Gasteiger partial charge >= 0.3 is 16.1 Å². The minimum atomic E-state index is -4.14. The lowest BCUT2D eigenvalue weighted by atomic mass is 10.2. The Balaban J connectivity index is 1.88. The molecule has 0 saturated heterocycles. The first-order chi connectivity index (χ1) is 12.9. The van der Waals surface area contributed by atoms with Crippen LogP contribution in [0, 0.1) is 6.92 Å². The third-order valence-electron chi connectivity index (χ3n) is 3.58. The number of rotatable bonds is 6. The molecule has 0 spiro atoms. The van der Waals surface area contributed by atoms with Gasteiger partial charge in [0.25, 0.3) is 0 Å². The summed E-state index contributed by atoms with van der Waals surface area (Å²) in [7, 11) is -4.14. The number of aryl methyl sites for hydroxylation is 1. The van der Waals surface area contributed by atoms with E-state index < -0.39 is 16.1 Å². The Kier molecular flexibility index (Phi) is 5.09. The first kappa shape index (κ1) is 18.4. The average molecular weight is 386 g/mol. The van der Waals surface area contributed by atoms with Crippen molar-refractivity contribution in [2.24, 2.45) is 0 Å². The molecule has 1 aromatic heterocycles. The van der Waals surface area contributed by atoms with Crippen LogP contribution in [0.4, 0.5) is 0 Å². The first-order valence-corrected chi connectivity index (χ1v) is 9.16. The van der Waals surface area contributed by atoms with Crippen molar-refractivity contribution in [1.29, 1.82) is 0 Å². The molecule has 8 heteroatoms. The molecule has 0 atom stereocenters. The lowest BCUT2D eigenvalue weighted by molar-refractivity contribution is 0.0729. The summed E-state index contributed by atoms with van der Waals surface area (Å²) >= 11 is 0. The lowest BCUT2D eigenvalue weighted by Crippen LogP contribution is -2.15. The van der Waals surface area contributed by atoms with Crippen LogP contribution in [0.15, 0.2) is 70.2 Å². The molecular weight excluding hydrogens is 372 g/mol. The van der Waals surface area contributed by atoms with Gasteiger partial charge in [0.2, 0.25) is 5.76 Å². The van der Waals surface area contributed by atoms with Gasteiger partial charge in [-0.05, 0) is 31.2 Å². The zero-order chi connectivity index (χ0) is 19.4. The van der Waals surface area contributed by atoms with Crippen LogP contribution in [0.1, 0.15) is 26.5 Å². The van der Waals surface area contributed by atoms with Crippen molar-refractivity contribution in [3.05, 3.63) is 77.7 Å². The molecule has 7 nitrogen and oxygen atoms in total. The number of ether oxygens (including phenoxy) is 1. The molecule has 0 radical (unpaired) electrons. The van der Waals surface area contributed by atoms with Gasteiger partial charge in [-0.1, -0.05) is 29.8 Å². The number of benzene rings is 2. The summed E-state index contributed by atoms with van der Waals surface area (Å²) in [6.45, 7) is 1.83. The van der Waals surface area contributed by atoms with Crippen LogP contribution in [-0.2, 0) is 10.1 Å². The van der Waals surface area contributed by atoms with E-state index in [0.717, 1.165) is 5.56 Å². The van der Waals surface area contributed by atoms with E-state index in [9.17, 15) is 18.0 Å². The molecule has 0 fully saturated rings. The molecule has 1 heterocycles. The second-order valence-corrected chi connectivity index (χ2v) is 7.05. The molecule has 0 unspecified atom stereocenters. The van der Waals surface area contributed by atoms with Gasteiger partial charge in [0.1, 0.15) is 10.5 Å². The minimum absolute atomic E-state index is 0.0469. The van der Waals surface area contributed by atoms with Gasteiger partial charge in [-0.3, -0.25) is 4.79 Å². The van der Waals surface area contributed by atoms with Crippen LogP contribution in [0.3, 0.4) is 0 Å². The molecule has 0 saturated carbocycles. The fraction of sp³-hybridized carbons (Fsp3) is 0.0526. The smallest absolute Gasteiger partial charge is 0.347 e. The third kappa shape index (κ3) is 4.06. The van der Waals surface area contributed by atoms with Crippen molar-refractivity contribution < 1.29 is 31.3 Å². The minimum Gasteiger partial charge on any atom is -0.457 e. The maximum atomic E-state index is 12.5. The van der Waals surface area contributed by atoms with E-state index >= 15 is 0 Å². The molecule has 0 N–H and O–H groups in total. The Morgan fingerprint density at radius 2 is 1.70 bits per heavy atom. The van der Waals surface area contributed by atoms with Gasteiger partial charge in [0, 0.05) is 6.07 Å². The zero-order valence-electron chi connectivity index (χ0n) is 14.1. The van der Waals surface area contributed by atoms with Crippen LogP contribution in [0.2, 0.25) is 0 Å². The van der Waals surface area contributed by atoms with Gasteiger partial charge in [-0.2, -0.15) is 8.42 Å². The SMILES string of the molecule is Cc1ccc(S(=O)(=O)Oc2ccccc2C(=O)Oc2ccoc2C=O)cc1. The molecule has 3 aromatic rings. The van der Waals surface area contributed by atoms with E-state index in [1.807, 2.05) is 6.92 Å². The lowest BCUT2D eigenvalue weighted by Gasteiger charge is -2.11. The zero-order valence-corrected chi connectivity index (χ0v) is 14.9. The van der Waals surface area contributed by atoms with Gasteiger partial charge in [-0.15, -0.1) is 0 Å². The third-order valence-corrected chi connectivity index (χ3v) is 4.83. The summed E-state index contributed by atoms with van der Waals surface area (Å²) in [6.07, 6.45) is 1.59. The van der Waals surface area contributed by atoms with Gasteiger partial charge < -0.3 is 13.3 Å². The summed E-state index contributed by atoms with van der Waals surface area (Å²) < 4.78 is 40.0. The first-order valence-electron chi connectivity index (χ1n) is 7.76. The topological polar surface area (TPSA) is 99.9 Å². The van der Waals surface area contributed by atoms with Crippen LogP contribution in [0.25, 0.3) is 0 Å². The maximum Gasteiger partial charge on any atom is 0.347 e. The number of hydrogen-bond donors (Lipinski definition) is 0. The summed E-state index contributed by atoms with van der Waals surface area (Å²) in [6, 6.07) is 13.1. The van der Waals surface area contributed by atoms with Crippen molar-refractivity contribution in [2.45, 2.75) is 11.8 Å². The van der Waals surface area contributed by atoms with E-state index in [2.05, 4.69) is 0 Å². The molecule has 0 amide bonds. The highest BCUT2D eigenvalue weighted by Gasteiger charge is 2.23. The molecular formula is C19H14O7S. The maximum absolute atomic E-state index is 12.5. The highest BCUT2D eigenvalue weighted by molar-refractivity contribution is 7.87. The summed E-state index contributed by atoms with van der Waals surface area (Å²) in [5.41, 5.74) is 0.773. The number of aldehydes is 1. The number of hydrogen-bond acceptors (Lipinski definition) is 7. The Bertz CT molecular complexity index is 1080. The second-order valence-electron chi connectivity index (χ2n) is 5.50. The standard InChI is InChI=1S/C19H14O7S/c1-13-6-8-14(9-7-13)27(22,23)26-16-5-3-2-4-15(16)19(21)25-17-10-11-24-18(17)12-20/h2-12H,1H3. The van der Waals surface area contributed by atoms with Crippen LogP contribution < -0.4 is 8.92 Å². The van der Waals surface area contributed by atoms with Crippen molar-refractivity contribution in [2.75, 3.05) is 0 Å². The number of esters is 1. The fourth-order valence-corrected chi connectivity index (χ4v) is 3.16. The molecule has 0 aliphatic carbocycles. The highest BCUT2D eigenvalue weighted by Crippen LogP contribution is 2.26. The largest absolute Gasteiger partial charge is 0.457 e. The molecule has 3 rings (SSSR count). The Labute approximate surface area is 155 Å². The number of carbonyl (C=O) groups is 2. The Morgan fingerprint density at radius 3 is 2.41 bits per heavy atom. The van der Waals surface area contributed by atoms with Crippen LogP contribution >= 0.6 is 0 Å². The molecule has 0 bridgehead atoms. The second kappa shape index (κ2) is 7.46. The van der Waals surface area contributed by atoms with Gasteiger partial charge in [0.05, 0.1) is 6.26 Å².